The molecule has 0 bridgehead atoms. The number of anilines is 1. The summed E-state index contributed by atoms with van der Waals surface area (Å²) in [6, 6.07) is 15.7. The van der Waals surface area contributed by atoms with Crippen LogP contribution in [0.25, 0.3) is 11.3 Å². The quantitative estimate of drug-likeness (QED) is 0.573. The fourth-order valence-corrected chi connectivity index (χ4v) is 5.04. The number of para-hydroxylation sites is 1. The van der Waals surface area contributed by atoms with Crippen LogP contribution >= 0.6 is 23.1 Å². The van der Waals surface area contributed by atoms with Gasteiger partial charge in [-0.3, -0.25) is 14.5 Å². The second kappa shape index (κ2) is 9.40. The van der Waals surface area contributed by atoms with Crippen LogP contribution in [0.3, 0.4) is 0 Å². The molecule has 6 nitrogen and oxygen atoms in total. The molecule has 0 radical (unpaired) electrons. The summed E-state index contributed by atoms with van der Waals surface area (Å²) in [7, 11) is 0. The predicted molar refractivity (Wildman–Crippen MR) is 123 cm³/mol. The third kappa shape index (κ3) is 4.83. The van der Waals surface area contributed by atoms with Crippen molar-refractivity contribution in [3.05, 3.63) is 65.8 Å². The lowest BCUT2D eigenvalue weighted by Crippen LogP contribution is -2.33. The van der Waals surface area contributed by atoms with Gasteiger partial charge in [-0.15, -0.1) is 11.3 Å². The highest BCUT2D eigenvalue weighted by atomic mass is 32.2. The number of aromatic nitrogens is 1. The molecule has 1 aromatic heterocycles. The van der Waals surface area contributed by atoms with Gasteiger partial charge < -0.3 is 5.32 Å². The van der Waals surface area contributed by atoms with E-state index in [1.54, 1.807) is 17.0 Å². The molecule has 3 aromatic rings. The van der Waals surface area contributed by atoms with Crippen LogP contribution in [0.5, 0.6) is 0 Å². The zero-order valence-corrected chi connectivity index (χ0v) is 18.3. The minimum atomic E-state index is -0.612. The van der Waals surface area contributed by atoms with Gasteiger partial charge in [0.05, 0.1) is 11.4 Å². The fourth-order valence-electron chi connectivity index (χ4n) is 3.09. The van der Waals surface area contributed by atoms with E-state index in [0.717, 1.165) is 11.3 Å². The largest absolute Gasteiger partial charge is 0.324 e. The summed E-state index contributed by atoms with van der Waals surface area (Å²) < 4.78 is 13.8. The molecule has 0 aliphatic carbocycles. The summed E-state index contributed by atoms with van der Waals surface area (Å²) in [6.07, 6.45) is -0.0690. The zero-order valence-electron chi connectivity index (χ0n) is 16.6. The van der Waals surface area contributed by atoms with Crippen molar-refractivity contribution in [3.8, 4) is 11.3 Å². The van der Waals surface area contributed by atoms with E-state index in [9.17, 15) is 14.0 Å². The Morgan fingerprint density at radius 2 is 1.94 bits per heavy atom. The molecule has 31 heavy (non-hydrogen) atoms. The van der Waals surface area contributed by atoms with Crippen LogP contribution in [-0.2, 0) is 9.59 Å². The van der Waals surface area contributed by atoms with Crippen LogP contribution < -0.4 is 5.32 Å². The number of hydrogen-bond donors (Lipinski definition) is 1. The van der Waals surface area contributed by atoms with Gasteiger partial charge >= 0.3 is 0 Å². The number of carbonyl (C=O) groups excluding carboxylic acids is 2. The fraction of sp³-hybridized carbons (Fsp3) is 0.182. The van der Waals surface area contributed by atoms with Gasteiger partial charge in [-0.25, -0.2) is 9.37 Å². The Morgan fingerprint density at radius 3 is 2.68 bits per heavy atom. The van der Waals surface area contributed by atoms with Gasteiger partial charge in [-0.1, -0.05) is 54.2 Å². The van der Waals surface area contributed by atoms with Crippen molar-refractivity contribution in [2.24, 2.45) is 4.99 Å². The number of thioether (sulfide) groups is 1. The van der Waals surface area contributed by atoms with E-state index in [1.165, 1.54) is 35.2 Å². The number of aliphatic imine (C=N–C) groups is 1. The third-order valence-electron chi connectivity index (χ3n) is 4.61. The molecule has 1 fully saturated rings. The number of rotatable bonds is 6. The normalized spacial score (nSPS) is 17.4. The van der Waals surface area contributed by atoms with Crippen LogP contribution in [-0.4, -0.2) is 38.7 Å². The maximum Gasteiger partial charge on any atom is 0.242 e. The molecule has 2 heterocycles. The van der Waals surface area contributed by atoms with Crippen molar-refractivity contribution in [2.45, 2.75) is 18.6 Å². The molecule has 9 heteroatoms. The van der Waals surface area contributed by atoms with E-state index in [-0.39, 0.29) is 18.0 Å². The lowest BCUT2D eigenvalue weighted by Gasteiger charge is -2.13. The van der Waals surface area contributed by atoms with Crippen LogP contribution in [0, 0.1) is 5.82 Å². The maximum absolute atomic E-state index is 13.8. The van der Waals surface area contributed by atoms with E-state index in [4.69, 9.17) is 0 Å². The molecule has 1 aliphatic rings. The van der Waals surface area contributed by atoms with Gasteiger partial charge in [0.1, 0.15) is 11.1 Å². The monoisotopic (exact) mass is 454 g/mol. The number of carbonyl (C=O) groups is 2. The minimum absolute atomic E-state index is 0.0690. The molecule has 2 amide bonds. The van der Waals surface area contributed by atoms with Crippen molar-refractivity contribution in [3.63, 3.8) is 0 Å². The first kappa shape index (κ1) is 21.2. The summed E-state index contributed by atoms with van der Waals surface area (Å²) in [4.78, 5) is 35.8. The van der Waals surface area contributed by atoms with E-state index in [2.05, 4.69) is 15.3 Å². The first-order valence-corrected chi connectivity index (χ1v) is 11.4. The Bertz CT molecular complexity index is 1130. The van der Waals surface area contributed by atoms with E-state index in [0.29, 0.717) is 16.8 Å². The molecule has 1 saturated heterocycles. The Balaban J connectivity index is 1.47. The lowest BCUT2D eigenvalue weighted by atomic mass is 10.2. The Hall–Kier alpha value is -3.04. The SMILES string of the molecule is CCN1C(=O)C(CC(=O)Nc2ccccc2F)S/C1=N/c1nc(-c2ccccc2)cs1. The molecule has 2 aromatic carbocycles. The molecule has 1 unspecified atom stereocenters. The number of benzene rings is 2. The standard InChI is InChI=1S/C22H19FN4O2S2/c1-2-27-20(29)18(12-19(28)24-16-11-7-6-10-15(16)23)31-22(27)26-21-25-17(13-30-21)14-8-4-3-5-9-14/h3-11,13,18H,2,12H2,1H3,(H,24,28)/b26-22+. The van der Waals surface area contributed by atoms with E-state index in [1.807, 2.05) is 42.6 Å². The van der Waals surface area contributed by atoms with Crippen LogP contribution in [0.2, 0.25) is 0 Å². The summed E-state index contributed by atoms with van der Waals surface area (Å²) in [5.41, 5.74) is 1.92. The van der Waals surface area contributed by atoms with Crippen molar-refractivity contribution < 1.29 is 14.0 Å². The van der Waals surface area contributed by atoms with Crippen molar-refractivity contribution in [1.29, 1.82) is 0 Å². The number of thiazole rings is 1. The van der Waals surface area contributed by atoms with Crippen molar-refractivity contribution >= 4 is 50.9 Å². The van der Waals surface area contributed by atoms with Gasteiger partial charge in [0.25, 0.3) is 0 Å². The minimum Gasteiger partial charge on any atom is -0.324 e. The molecule has 1 aliphatic heterocycles. The third-order valence-corrected chi connectivity index (χ3v) is 6.52. The average molecular weight is 455 g/mol. The number of nitrogens with one attached hydrogen (secondary N) is 1. The van der Waals surface area contributed by atoms with E-state index >= 15 is 0 Å². The van der Waals surface area contributed by atoms with Crippen LogP contribution in [0.4, 0.5) is 15.2 Å². The van der Waals surface area contributed by atoms with Crippen molar-refractivity contribution in [1.82, 2.24) is 9.88 Å². The van der Waals surface area contributed by atoms with Gasteiger partial charge in [-0.05, 0) is 19.1 Å². The summed E-state index contributed by atoms with van der Waals surface area (Å²) in [5, 5.41) is 4.90. The van der Waals surface area contributed by atoms with Gasteiger partial charge in [0, 0.05) is 23.9 Å². The Kier molecular flexibility index (Phi) is 6.43. The number of halogens is 1. The smallest absolute Gasteiger partial charge is 0.242 e. The van der Waals surface area contributed by atoms with Gasteiger partial charge in [-0.2, -0.15) is 4.99 Å². The number of amides is 2. The number of amidine groups is 1. The average Bonchev–Trinajstić information content (AvgIpc) is 3.35. The maximum atomic E-state index is 13.8. The highest BCUT2D eigenvalue weighted by molar-refractivity contribution is 8.15. The number of nitrogens with zero attached hydrogens (tertiary/aromatic N) is 3. The van der Waals surface area contributed by atoms with Crippen LogP contribution in [0.1, 0.15) is 13.3 Å². The second-order valence-corrected chi connectivity index (χ2v) is 8.70. The molecule has 0 spiro atoms. The topological polar surface area (TPSA) is 74.7 Å². The Morgan fingerprint density at radius 1 is 1.19 bits per heavy atom. The summed E-state index contributed by atoms with van der Waals surface area (Å²) in [6.45, 7) is 2.29. The molecule has 0 saturated carbocycles. The molecule has 1 N–H and O–H groups in total. The van der Waals surface area contributed by atoms with Crippen LogP contribution in [0.15, 0.2) is 65.0 Å². The molecular weight excluding hydrogens is 435 g/mol. The number of hydrogen-bond acceptors (Lipinski definition) is 6. The highest BCUT2D eigenvalue weighted by Gasteiger charge is 2.38. The summed E-state index contributed by atoms with van der Waals surface area (Å²) >= 11 is 2.63. The molecule has 4 rings (SSSR count). The predicted octanol–water partition coefficient (Wildman–Crippen LogP) is 4.93. The first-order valence-electron chi connectivity index (χ1n) is 9.67. The summed E-state index contributed by atoms with van der Waals surface area (Å²) in [5.74, 6) is -1.12. The highest BCUT2D eigenvalue weighted by Crippen LogP contribution is 2.34. The van der Waals surface area contributed by atoms with Gasteiger partial charge in [0.15, 0.2) is 5.17 Å². The zero-order chi connectivity index (χ0) is 21.8. The Labute approximate surface area is 187 Å². The van der Waals surface area contributed by atoms with E-state index < -0.39 is 17.0 Å². The second-order valence-electron chi connectivity index (χ2n) is 6.70. The molecular formula is C22H19FN4O2S2. The molecule has 158 valence electrons. The lowest BCUT2D eigenvalue weighted by molar-refractivity contribution is -0.128. The van der Waals surface area contributed by atoms with Crippen molar-refractivity contribution in [2.75, 3.05) is 11.9 Å². The first-order chi connectivity index (χ1) is 15.0. The van der Waals surface area contributed by atoms with Gasteiger partial charge in [0.2, 0.25) is 16.9 Å². The molecule has 1 atom stereocenters.